The summed E-state index contributed by atoms with van der Waals surface area (Å²) >= 11 is 11.8. The second-order valence-electron chi connectivity index (χ2n) is 3.38. The minimum absolute atomic E-state index is 0.274. The van der Waals surface area contributed by atoms with Gasteiger partial charge in [0.05, 0.1) is 0 Å². The highest BCUT2D eigenvalue weighted by atomic mass is 35.7. The van der Waals surface area contributed by atoms with Crippen LogP contribution in [0, 0.1) is 0 Å². The molecule has 0 atom stereocenters. The lowest BCUT2D eigenvalue weighted by Gasteiger charge is -2.08. The lowest BCUT2D eigenvalue weighted by molar-refractivity contribution is -0.137. The molecule has 78 valence electrons. The van der Waals surface area contributed by atoms with Crippen LogP contribution in [0.5, 0.6) is 0 Å². The van der Waals surface area contributed by atoms with Crippen molar-refractivity contribution in [1.29, 1.82) is 0 Å². The summed E-state index contributed by atoms with van der Waals surface area (Å²) in [5.74, 6) is -0.714. The van der Waals surface area contributed by atoms with Gasteiger partial charge in [-0.2, -0.15) is 0 Å². The summed E-state index contributed by atoms with van der Waals surface area (Å²) in [4.78, 5) is 10.2. The molecule has 2 nitrogen and oxygen atoms in total. The molecule has 0 aliphatic rings. The van der Waals surface area contributed by atoms with Gasteiger partial charge in [0.25, 0.3) is 0 Å². The fourth-order valence-electron chi connectivity index (χ4n) is 1.07. The highest BCUT2D eigenvalue weighted by Gasteiger charge is 2.19. The number of carboxylic acid groups (broad SMARTS) is 1. The predicted octanol–water partition coefficient (Wildman–Crippen LogP) is 3.57. The standard InChI is InChI=1S/C8H16Cl2O2Si/c1-13(9,10)7-5-3-2-4-6-8(11)12/h2-7H2,1H3,(H,11,12). The van der Waals surface area contributed by atoms with E-state index >= 15 is 0 Å². The Morgan fingerprint density at radius 3 is 2.23 bits per heavy atom. The Balaban J connectivity index is 3.13. The van der Waals surface area contributed by atoms with Gasteiger partial charge in [0.2, 0.25) is 6.69 Å². The number of carbonyl (C=O) groups is 1. The Kier molecular flexibility index (Phi) is 6.82. The summed E-state index contributed by atoms with van der Waals surface area (Å²) in [5, 5.41) is 8.36. The van der Waals surface area contributed by atoms with E-state index in [9.17, 15) is 4.79 Å². The van der Waals surface area contributed by atoms with E-state index in [0.717, 1.165) is 31.7 Å². The number of hydrogen-bond acceptors (Lipinski definition) is 1. The van der Waals surface area contributed by atoms with Crippen molar-refractivity contribution in [2.75, 3.05) is 0 Å². The molecule has 0 aromatic heterocycles. The Labute approximate surface area is 89.6 Å². The van der Waals surface area contributed by atoms with Crippen molar-refractivity contribution in [3.05, 3.63) is 0 Å². The molecule has 0 spiro atoms. The Bertz CT molecular complexity index is 157. The molecule has 0 saturated carbocycles. The van der Waals surface area contributed by atoms with Crippen LogP contribution in [0.2, 0.25) is 12.6 Å². The van der Waals surface area contributed by atoms with Crippen LogP contribution in [0.4, 0.5) is 0 Å². The molecule has 0 aliphatic carbocycles. The molecule has 0 heterocycles. The maximum absolute atomic E-state index is 10.2. The molecule has 13 heavy (non-hydrogen) atoms. The number of carboxylic acids is 1. The number of halogens is 2. The topological polar surface area (TPSA) is 37.3 Å². The Hall–Kier alpha value is 0.267. The van der Waals surface area contributed by atoms with E-state index in [1.807, 2.05) is 6.55 Å². The van der Waals surface area contributed by atoms with Crippen LogP contribution in [0.1, 0.15) is 32.1 Å². The SMILES string of the molecule is C[Si](Cl)(Cl)CCCCCCC(=O)O. The molecule has 0 radical (unpaired) electrons. The van der Waals surface area contributed by atoms with Gasteiger partial charge in [-0.15, -0.1) is 22.2 Å². The van der Waals surface area contributed by atoms with E-state index in [1.165, 1.54) is 0 Å². The monoisotopic (exact) mass is 242 g/mol. The van der Waals surface area contributed by atoms with Gasteiger partial charge in [-0.25, -0.2) is 0 Å². The molecule has 0 saturated heterocycles. The van der Waals surface area contributed by atoms with Crippen LogP contribution >= 0.6 is 22.2 Å². The van der Waals surface area contributed by atoms with Crippen LogP contribution in [0.25, 0.3) is 0 Å². The van der Waals surface area contributed by atoms with Gasteiger partial charge in [0.1, 0.15) is 0 Å². The first-order valence-electron chi connectivity index (χ1n) is 4.51. The van der Waals surface area contributed by atoms with Gasteiger partial charge in [-0.05, 0) is 19.0 Å². The third-order valence-electron chi connectivity index (χ3n) is 1.76. The average molecular weight is 243 g/mol. The zero-order valence-corrected chi connectivity index (χ0v) is 10.4. The van der Waals surface area contributed by atoms with Gasteiger partial charge in [-0.3, -0.25) is 4.79 Å². The number of unbranched alkanes of at least 4 members (excludes halogenated alkanes) is 3. The van der Waals surface area contributed by atoms with Crippen molar-refractivity contribution >= 4 is 34.8 Å². The fraction of sp³-hybridized carbons (Fsp3) is 0.875. The summed E-state index contributed by atoms with van der Waals surface area (Å²) in [5.41, 5.74) is 0. The first kappa shape index (κ1) is 13.3. The molecular weight excluding hydrogens is 227 g/mol. The third-order valence-corrected chi connectivity index (χ3v) is 4.12. The van der Waals surface area contributed by atoms with Gasteiger partial charge in [0, 0.05) is 6.42 Å². The highest BCUT2D eigenvalue weighted by molar-refractivity contribution is 7.44. The molecule has 0 aliphatic heterocycles. The van der Waals surface area contributed by atoms with Crippen LogP contribution in [-0.4, -0.2) is 17.8 Å². The summed E-state index contributed by atoms with van der Waals surface area (Å²) < 4.78 is 0. The maximum Gasteiger partial charge on any atom is 0.303 e. The van der Waals surface area contributed by atoms with Gasteiger partial charge in [-0.1, -0.05) is 19.3 Å². The Morgan fingerprint density at radius 2 is 1.77 bits per heavy atom. The summed E-state index contributed by atoms with van der Waals surface area (Å²) in [6, 6.07) is 0.906. The Morgan fingerprint density at radius 1 is 1.23 bits per heavy atom. The molecule has 0 bridgehead atoms. The summed E-state index contributed by atoms with van der Waals surface area (Å²) in [6.07, 6.45) is 4.06. The van der Waals surface area contributed by atoms with Crippen molar-refractivity contribution in [3.8, 4) is 0 Å². The summed E-state index contributed by atoms with van der Waals surface area (Å²) in [7, 11) is 0. The first-order valence-corrected chi connectivity index (χ1v) is 9.24. The second-order valence-corrected chi connectivity index (χ2v) is 11.6. The van der Waals surface area contributed by atoms with E-state index in [2.05, 4.69) is 0 Å². The van der Waals surface area contributed by atoms with E-state index in [1.54, 1.807) is 0 Å². The van der Waals surface area contributed by atoms with Gasteiger partial charge < -0.3 is 5.11 Å². The predicted molar refractivity (Wildman–Crippen MR) is 58.9 cm³/mol. The summed E-state index contributed by atoms with van der Waals surface area (Å²) in [6.45, 7) is -0.00102. The van der Waals surface area contributed by atoms with Crippen molar-refractivity contribution in [3.63, 3.8) is 0 Å². The highest BCUT2D eigenvalue weighted by Crippen LogP contribution is 2.23. The van der Waals surface area contributed by atoms with E-state index < -0.39 is 12.7 Å². The molecule has 0 amide bonds. The molecule has 5 heteroatoms. The molecular formula is C8H16Cl2O2Si. The van der Waals surface area contributed by atoms with E-state index in [0.29, 0.717) is 0 Å². The van der Waals surface area contributed by atoms with Crippen molar-refractivity contribution in [2.24, 2.45) is 0 Å². The van der Waals surface area contributed by atoms with E-state index in [-0.39, 0.29) is 6.42 Å². The second kappa shape index (κ2) is 6.68. The molecule has 0 aromatic carbocycles. The third kappa shape index (κ3) is 12.3. The molecule has 0 unspecified atom stereocenters. The van der Waals surface area contributed by atoms with Crippen LogP contribution in [0.15, 0.2) is 0 Å². The van der Waals surface area contributed by atoms with E-state index in [4.69, 9.17) is 27.3 Å². The fourth-order valence-corrected chi connectivity index (χ4v) is 2.74. The zero-order chi connectivity index (χ0) is 10.3. The van der Waals surface area contributed by atoms with Crippen molar-refractivity contribution < 1.29 is 9.90 Å². The zero-order valence-electron chi connectivity index (χ0n) is 7.85. The number of rotatable bonds is 7. The molecule has 0 rings (SSSR count). The van der Waals surface area contributed by atoms with Crippen LogP contribution < -0.4 is 0 Å². The number of aliphatic carboxylic acids is 1. The smallest absolute Gasteiger partial charge is 0.303 e. The van der Waals surface area contributed by atoms with Gasteiger partial charge >= 0.3 is 5.97 Å². The van der Waals surface area contributed by atoms with Gasteiger partial charge in [0.15, 0.2) is 0 Å². The largest absolute Gasteiger partial charge is 0.481 e. The normalized spacial score (nSPS) is 11.6. The molecule has 0 fully saturated rings. The van der Waals surface area contributed by atoms with Crippen LogP contribution in [0.3, 0.4) is 0 Å². The lowest BCUT2D eigenvalue weighted by Crippen LogP contribution is -2.11. The molecule has 0 aromatic rings. The maximum atomic E-state index is 10.2. The average Bonchev–Trinajstić information content (AvgIpc) is 1.93. The quantitative estimate of drug-likeness (QED) is 0.421. The van der Waals surface area contributed by atoms with Crippen LogP contribution in [-0.2, 0) is 4.79 Å². The lowest BCUT2D eigenvalue weighted by atomic mass is 10.2. The molecule has 1 N–H and O–H groups in total. The first-order chi connectivity index (χ1) is 5.92. The minimum atomic E-state index is -1.91. The minimum Gasteiger partial charge on any atom is -0.481 e. The number of hydrogen-bond donors (Lipinski definition) is 1. The van der Waals surface area contributed by atoms with Crippen molar-refractivity contribution in [2.45, 2.75) is 44.7 Å². The van der Waals surface area contributed by atoms with Crippen molar-refractivity contribution in [1.82, 2.24) is 0 Å².